The number of benzene rings is 2. The molecule has 0 fully saturated rings. The summed E-state index contributed by atoms with van der Waals surface area (Å²) in [6, 6.07) is 20.2. The van der Waals surface area contributed by atoms with Crippen LogP contribution in [0.1, 0.15) is 5.56 Å². The monoisotopic (exact) mass is 399 g/mol. The molecule has 1 atom stereocenters. The Bertz CT molecular complexity index is 1090. The highest BCUT2D eigenvalue weighted by Crippen LogP contribution is 2.30. The molecule has 0 amide bonds. The summed E-state index contributed by atoms with van der Waals surface area (Å²) in [7, 11) is 0. The molecule has 150 valence electrons. The molecule has 0 aliphatic carbocycles. The van der Waals surface area contributed by atoms with E-state index in [-0.39, 0.29) is 11.9 Å². The van der Waals surface area contributed by atoms with E-state index >= 15 is 0 Å². The molecule has 0 saturated carbocycles. The number of nitrogens with two attached hydrogens (primary N) is 1. The molecule has 5 nitrogen and oxygen atoms in total. The molecular formula is C24H22FN5. The molecule has 2 heterocycles. The van der Waals surface area contributed by atoms with Gasteiger partial charge in [-0.05, 0) is 41.8 Å². The van der Waals surface area contributed by atoms with E-state index in [0.29, 0.717) is 12.5 Å². The molecule has 0 saturated heterocycles. The van der Waals surface area contributed by atoms with Gasteiger partial charge in [-0.2, -0.15) is 0 Å². The van der Waals surface area contributed by atoms with E-state index in [0.717, 1.165) is 28.8 Å². The summed E-state index contributed by atoms with van der Waals surface area (Å²) in [5.41, 5.74) is 10.8. The van der Waals surface area contributed by atoms with Crippen LogP contribution in [-0.4, -0.2) is 27.5 Å². The quantitative estimate of drug-likeness (QED) is 0.484. The Morgan fingerprint density at radius 2 is 1.63 bits per heavy atom. The number of aromatic nitrogens is 3. The average Bonchev–Trinajstić information content (AvgIpc) is 2.79. The van der Waals surface area contributed by atoms with Crippen LogP contribution in [0.2, 0.25) is 0 Å². The summed E-state index contributed by atoms with van der Waals surface area (Å²) in [6.07, 6.45) is 5.95. The second-order valence-corrected chi connectivity index (χ2v) is 7.03. The maximum Gasteiger partial charge on any atom is 0.223 e. The summed E-state index contributed by atoms with van der Waals surface area (Å²) in [4.78, 5) is 13.3. The van der Waals surface area contributed by atoms with Crippen molar-refractivity contribution in [2.24, 2.45) is 5.73 Å². The lowest BCUT2D eigenvalue weighted by Crippen LogP contribution is -2.31. The summed E-state index contributed by atoms with van der Waals surface area (Å²) >= 11 is 0. The lowest BCUT2D eigenvalue weighted by Gasteiger charge is -2.15. The van der Waals surface area contributed by atoms with Crippen LogP contribution >= 0.6 is 0 Å². The van der Waals surface area contributed by atoms with Crippen molar-refractivity contribution < 1.29 is 4.39 Å². The first-order chi connectivity index (χ1) is 14.7. The lowest BCUT2D eigenvalue weighted by molar-refractivity contribution is 0.628. The Morgan fingerprint density at radius 3 is 2.37 bits per heavy atom. The van der Waals surface area contributed by atoms with Crippen molar-refractivity contribution in [2.75, 3.05) is 11.9 Å². The molecule has 6 heteroatoms. The minimum absolute atomic E-state index is 0.0721. The number of pyridine rings is 1. The number of nitrogens with one attached hydrogen (secondary N) is 1. The maximum absolute atomic E-state index is 13.4. The van der Waals surface area contributed by atoms with Gasteiger partial charge in [-0.25, -0.2) is 14.4 Å². The van der Waals surface area contributed by atoms with Crippen LogP contribution in [-0.2, 0) is 6.42 Å². The SMILES string of the molecule is N[C@H](CNc1ncc(-c2ccc(F)cc2)c(-c2ccncc2)n1)Cc1ccccc1. The minimum Gasteiger partial charge on any atom is -0.353 e. The first kappa shape index (κ1) is 19.7. The highest BCUT2D eigenvalue weighted by atomic mass is 19.1. The molecule has 0 radical (unpaired) electrons. The van der Waals surface area contributed by atoms with Crippen molar-refractivity contribution in [2.45, 2.75) is 12.5 Å². The van der Waals surface area contributed by atoms with Gasteiger partial charge in [-0.15, -0.1) is 0 Å². The molecule has 3 N–H and O–H groups in total. The molecule has 0 unspecified atom stereocenters. The predicted molar refractivity (Wildman–Crippen MR) is 117 cm³/mol. The second kappa shape index (κ2) is 9.24. The molecule has 2 aromatic carbocycles. The summed E-state index contributed by atoms with van der Waals surface area (Å²) < 4.78 is 13.4. The zero-order chi connectivity index (χ0) is 20.8. The molecule has 0 aliphatic heterocycles. The number of nitrogens with zero attached hydrogens (tertiary/aromatic N) is 3. The van der Waals surface area contributed by atoms with Crippen LogP contribution in [0.25, 0.3) is 22.4 Å². The van der Waals surface area contributed by atoms with Crippen LogP contribution in [0.5, 0.6) is 0 Å². The Labute approximate surface area is 174 Å². The van der Waals surface area contributed by atoms with E-state index in [2.05, 4.69) is 27.4 Å². The van der Waals surface area contributed by atoms with Crippen LogP contribution in [0.4, 0.5) is 10.3 Å². The van der Waals surface area contributed by atoms with Gasteiger partial charge in [0.2, 0.25) is 5.95 Å². The van der Waals surface area contributed by atoms with Crippen molar-refractivity contribution >= 4 is 5.95 Å². The smallest absolute Gasteiger partial charge is 0.223 e. The topological polar surface area (TPSA) is 76.7 Å². The molecule has 30 heavy (non-hydrogen) atoms. The van der Waals surface area contributed by atoms with Gasteiger partial charge in [0.1, 0.15) is 5.82 Å². The maximum atomic E-state index is 13.4. The summed E-state index contributed by atoms with van der Waals surface area (Å²) in [5.74, 6) is 0.215. The zero-order valence-corrected chi connectivity index (χ0v) is 16.4. The van der Waals surface area contributed by atoms with Gasteiger partial charge in [0.25, 0.3) is 0 Å². The fourth-order valence-corrected chi connectivity index (χ4v) is 3.25. The summed E-state index contributed by atoms with van der Waals surface area (Å²) in [5, 5.41) is 3.24. The molecule has 2 aromatic heterocycles. The van der Waals surface area contributed by atoms with E-state index in [4.69, 9.17) is 10.7 Å². The van der Waals surface area contributed by atoms with Crippen molar-refractivity contribution in [3.05, 3.63) is 96.7 Å². The Morgan fingerprint density at radius 1 is 0.900 bits per heavy atom. The highest BCUT2D eigenvalue weighted by molar-refractivity contribution is 5.80. The zero-order valence-electron chi connectivity index (χ0n) is 16.4. The Kier molecular flexibility index (Phi) is 6.06. The summed E-state index contributed by atoms with van der Waals surface area (Å²) in [6.45, 7) is 0.542. The van der Waals surface area contributed by atoms with E-state index in [1.54, 1.807) is 30.7 Å². The molecule has 4 aromatic rings. The number of rotatable bonds is 7. The van der Waals surface area contributed by atoms with Crippen LogP contribution in [0.15, 0.2) is 85.3 Å². The largest absolute Gasteiger partial charge is 0.353 e. The Hall–Kier alpha value is -3.64. The number of anilines is 1. The third kappa shape index (κ3) is 4.85. The van der Waals surface area contributed by atoms with Crippen molar-refractivity contribution in [3.63, 3.8) is 0 Å². The van der Waals surface area contributed by atoms with Crippen molar-refractivity contribution in [1.82, 2.24) is 15.0 Å². The van der Waals surface area contributed by atoms with Crippen LogP contribution < -0.4 is 11.1 Å². The lowest BCUT2D eigenvalue weighted by atomic mass is 10.0. The first-order valence-electron chi connectivity index (χ1n) is 9.76. The van der Waals surface area contributed by atoms with Crippen molar-refractivity contribution in [1.29, 1.82) is 0 Å². The minimum atomic E-state index is -0.282. The predicted octanol–water partition coefficient (Wildman–Crippen LogP) is 4.33. The van der Waals surface area contributed by atoms with E-state index in [1.807, 2.05) is 30.3 Å². The fraction of sp³-hybridized carbons (Fsp3) is 0.125. The van der Waals surface area contributed by atoms with Crippen molar-refractivity contribution in [3.8, 4) is 22.4 Å². The van der Waals surface area contributed by atoms with E-state index < -0.39 is 0 Å². The molecule has 4 rings (SSSR count). The number of hydrogen-bond acceptors (Lipinski definition) is 5. The third-order valence-electron chi connectivity index (χ3n) is 4.76. The second-order valence-electron chi connectivity index (χ2n) is 7.03. The number of hydrogen-bond donors (Lipinski definition) is 2. The van der Waals surface area contributed by atoms with E-state index in [1.165, 1.54) is 17.7 Å². The number of halogens is 1. The van der Waals surface area contributed by atoms with E-state index in [9.17, 15) is 4.39 Å². The highest BCUT2D eigenvalue weighted by Gasteiger charge is 2.13. The standard InChI is InChI=1S/C24H22FN5/c25-20-8-6-18(7-9-20)22-16-29-24(30-23(22)19-10-12-27-13-11-19)28-15-21(26)14-17-4-2-1-3-5-17/h1-13,16,21H,14-15,26H2,(H,28,29,30)/t21-/m0/s1. The van der Waals surface area contributed by atoms with Gasteiger partial charge >= 0.3 is 0 Å². The van der Waals surface area contributed by atoms with Gasteiger partial charge in [0.05, 0.1) is 5.69 Å². The van der Waals surface area contributed by atoms with Gasteiger partial charge in [-0.3, -0.25) is 4.98 Å². The van der Waals surface area contributed by atoms with Gasteiger partial charge in [0, 0.05) is 42.3 Å². The van der Waals surface area contributed by atoms with Gasteiger partial charge < -0.3 is 11.1 Å². The first-order valence-corrected chi connectivity index (χ1v) is 9.76. The molecule has 0 bridgehead atoms. The molecule has 0 aliphatic rings. The van der Waals surface area contributed by atoms with Gasteiger partial charge in [0.15, 0.2) is 0 Å². The van der Waals surface area contributed by atoms with Crippen LogP contribution in [0, 0.1) is 5.82 Å². The third-order valence-corrected chi connectivity index (χ3v) is 4.76. The normalized spacial score (nSPS) is 11.8. The van der Waals surface area contributed by atoms with Gasteiger partial charge in [-0.1, -0.05) is 42.5 Å². The fourth-order valence-electron chi connectivity index (χ4n) is 3.25. The average molecular weight is 399 g/mol. The molecule has 0 spiro atoms. The molecular weight excluding hydrogens is 377 g/mol. The Balaban J connectivity index is 1.57. The van der Waals surface area contributed by atoms with Crippen LogP contribution in [0.3, 0.4) is 0 Å².